The first-order valence-corrected chi connectivity index (χ1v) is 5.37. The highest BCUT2D eigenvalue weighted by Gasteiger charge is 2.20. The number of anilines is 1. The van der Waals surface area contributed by atoms with Crippen LogP contribution in [0.15, 0.2) is 12.1 Å². The topological polar surface area (TPSA) is 73.2 Å². The predicted molar refractivity (Wildman–Crippen MR) is 66.5 cm³/mol. The average molecular weight is 272 g/mol. The van der Waals surface area contributed by atoms with Crippen LogP contribution < -0.4 is 15.2 Å². The third-order valence-electron chi connectivity index (χ3n) is 2.44. The van der Waals surface area contributed by atoms with Crippen LogP contribution in [0, 0.1) is 5.82 Å². The molecular weight excluding hydrogens is 261 g/mol. The van der Waals surface area contributed by atoms with E-state index in [-0.39, 0.29) is 22.2 Å². The molecule has 7 heteroatoms. The van der Waals surface area contributed by atoms with Crippen molar-refractivity contribution in [2.75, 3.05) is 20.0 Å². The van der Waals surface area contributed by atoms with Gasteiger partial charge in [-0.25, -0.2) is 4.39 Å². The minimum atomic E-state index is -0.627. The molecule has 0 aliphatic carbocycles. The molecule has 0 fully saturated rings. The molecule has 0 saturated heterocycles. The van der Waals surface area contributed by atoms with Crippen LogP contribution in [0.1, 0.15) is 0 Å². The third-order valence-corrected chi connectivity index (χ3v) is 2.78. The van der Waals surface area contributed by atoms with Gasteiger partial charge in [0, 0.05) is 11.6 Å². The molecule has 1 aromatic carbocycles. The number of aromatic nitrogens is 2. The molecule has 96 valence electrons. The number of hydrogen-bond donors (Lipinski definition) is 2. The summed E-state index contributed by atoms with van der Waals surface area (Å²) in [6.45, 7) is 0. The fourth-order valence-corrected chi connectivity index (χ4v) is 1.87. The molecule has 0 amide bonds. The number of ether oxygens (including phenoxy) is 2. The molecule has 2 aromatic rings. The van der Waals surface area contributed by atoms with E-state index in [1.165, 1.54) is 26.4 Å². The van der Waals surface area contributed by atoms with Gasteiger partial charge in [-0.15, -0.1) is 0 Å². The van der Waals surface area contributed by atoms with E-state index >= 15 is 0 Å². The Morgan fingerprint density at radius 2 is 2.06 bits per heavy atom. The van der Waals surface area contributed by atoms with Crippen LogP contribution in [0.4, 0.5) is 10.2 Å². The zero-order chi connectivity index (χ0) is 13.3. The molecule has 0 spiro atoms. The van der Waals surface area contributed by atoms with Crippen LogP contribution in [-0.4, -0.2) is 24.4 Å². The Morgan fingerprint density at radius 1 is 1.33 bits per heavy atom. The highest BCUT2D eigenvalue weighted by molar-refractivity contribution is 6.32. The van der Waals surface area contributed by atoms with Crippen LogP contribution in [0.5, 0.6) is 11.5 Å². The smallest absolute Gasteiger partial charge is 0.182 e. The minimum Gasteiger partial charge on any atom is -0.493 e. The van der Waals surface area contributed by atoms with Gasteiger partial charge in [0.05, 0.1) is 19.9 Å². The fraction of sp³-hybridized carbons (Fsp3) is 0.182. The number of aromatic amines is 1. The molecular formula is C11H11ClFN3O2. The summed E-state index contributed by atoms with van der Waals surface area (Å²) in [7, 11) is 2.83. The van der Waals surface area contributed by atoms with Gasteiger partial charge in [-0.2, -0.15) is 5.10 Å². The van der Waals surface area contributed by atoms with Gasteiger partial charge in [-0.3, -0.25) is 5.10 Å². The van der Waals surface area contributed by atoms with Crippen molar-refractivity contribution in [3.63, 3.8) is 0 Å². The Bertz CT molecular complexity index is 586. The molecule has 3 N–H and O–H groups in total. The van der Waals surface area contributed by atoms with E-state index in [9.17, 15) is 4.39 Å². The molecule has 0 saturated carbocycles. The van der Waals surface area contributed by atoms with Crippen molar-refractivity contribution in [3.05, 3.63) is 23.0 Å². The van der Waals surface area contributed by atoms with Crippen molar-refractivity contribution >= 4 is 17.4 Å². The van der Waals surface area contributed by atoms with Crippen LogP contribution in [-0.2, 0) is 0 Å². The number of methoxy groups -OCH3 is 2. The first-order valence-electron chi connectivity index (χ1n) is 4.99. The van der Waals surface area contributed by atoms with Crippen molar-refractivity contribution in [1.82, 2.24) is 10.2 Å². The van der Waals surface area contributed by atoms with Crippen molar-refractivity contribution < 1.29 is 13.9 Å². The zero-order valence-electron chi connectivity index (χ0n) is 9.75. The second-order valence-electron chi connectivity index (χ2n) is 3.49. The molecule has 0 bridgehead atoms. The van der Waals surface area contributed by atoms with Gasteiger partial charge in [0.15, 0.2) is 17.3 Å². The number of rotatable bonds is 3. The Labute approximate surface area is 108 Å². The Morgan fingerprint density at radius 3 is 2.56 bits per heavy atom. The van der Waals surface area contributed by atoms with Gasteiger partial charge >= 0.3 is 0 Å². The summed E-state index contributed by atoms with van der Waals surface area (Å²) in [4.78, 5) is 0. The summed E-state index contributed by atoms with van der Waals surface area (Å²) in [6.07, 6.45) is 0. The normalized spacial score (nSPS) is 10.4. The first kappa shape index (κ1) is 12.5. The van der Waals surface area contributed by atoms with Gasteiger partial charge in [0.25, 0.3) is 0 Å². The molecule has 0 aliphatic heterocycles. The van der Waals surface area contributed by atoms with Gasteiger partial charge < -0.3 is 15.2 Å². The third kappa shape index (κ3) is 1.95. The maximum atomic E-state index is 14.1. The summed E-state index contributed by atoms with van der Waals surface area (Å²) >= 11 is 5.89. The van der Waals surface area contributed by atoms with E-state index in [0.29, 0.717) is 11.4 Å². The molecule has 0 atom stereocenters. The molecule has 0 aliphatic rings. The molecule has 18 heavy (non-hydrogen) atoms. The van der Waals surface area contributed by atoms with Gasteiger partial charge in [0.1, 0.15) is 10.8 Å². The number of nitrogen functional groups attached to an aromatic ring is 1. The number of nitrogens with one attached hydrogen (secondary N) is 1. The Kier molecular flexibility index (Phi) is 3.29. The average Bonchev–Trinajstić information content (AvgIpc) is 2.78. The number of nitrogens with two attached hydrogens (primary N) is 1. The van der Waals surface area contributed by atoms with Gasteiger partial charge in [0.2, 0.25) is 0 Å². The Balaban J connectivity index is 2.65. The van der Waals surface area contributed by atoms with Crippen molar-refractivity contribution in [2.45, 2.75) is 0 Å². The summed E-state index contributed by atoms with van der Waals surface area (Å²) < 4.78 is 24.2. The molecule has 0 radical (unpaired) electrons. The zero-order valence-corrected chi connectivity index (χ0v) is 10.5. The quantitative estimate of drug-likeness (QED) is 0.899. The fourth-order valence-electron chi connectivity index (χ4n) is 1.60. The maximum Gasteiger partial charge on any atom is 0.182 e. The van der Waals surface area contributed by atoms with Gasteiger partial charge in [-0.1, -0.05) is 11.6 Å². The minimum absolute atomic E-state index is 0.146. The molecule has 0 unspecified atom stereocenters. The highest BCUT2D eigenvalue weighted by atomic mass is 35.5. The number of benzene rings is 1. The van der Waals surface area contributed by atoms with Crippen LogP contribution in [0.2, 0.25) is 5.02 Å². The lowest BCUT2D eigenvalue weighted by molar-refractivity contribution is 0.353. The Hall–Kier alpha value is -1.95. The predicted octanol–water partition coefficient (Wildman–Crippen LogP) is 2.47. The second-order valence-corrected chi connectivity index (χ2v) is 3.87. The lowest BCUT2D eigenvalue weighted by Crippen LogP contribution is -1.96. The molecule has 1 aromatic heterocycles. The SMILES string of the molecule is COc1cc(-c2cc(N)n[nH]2)c(F)c(Cl)c1OC. The monoisotopic (exact) mass is 271 g/mol. The summed E-state index contributed by atoms with van der Waals surface area (Å²) in [5, 5.41) is 6.19. The lowest BCUT2D eigenvalue weighted by atomic mass is 10.1. The van der Waals surface area contributed by atoms with Crippen molar-refractivity contribution in [1.29, 1.82) is 0 Å². The van der Waals surface area contributed by atoms with E-state index in [4.69, 9.17) is 26.8 Å². The van der Waals surface area contributed by atoms with E-state index in [1.54, 1.807) is 0 Å². The van der Waals surface area contributed by atoms with Crippen LogP contribution in [0.25, 0.3) is 11.3 Å². The van der Waals surface area contributed by atoms with E-state index in [0.717, 1.165) is 0 Å². The molecule has 5 nitrogen and oxygen atoms in total. The summed E-state index contributed by atoms with van der Waals surface area (Å²) in [6, 6.07) is 2.97. The van der Waals surface area contributed by atoms with Crippen molar-refractivity contribution in [3.8, 4) is 22.8 Å². The largest absolute Gasteiger partial charge is 0.493 e. The first-order chi connectivity index (χ1) is 8.58. The van der Waals surface area contributed by atoms with Crippen molar-refractivity contribution in [2.24, 2.45) is 0 Å². The number of halogens is 2. The van der Waals surface area contributed by atoms with E-state index in [1.807, 2.05) is 0 Å². The number of hydrogen-bond acceptors (Lipinski definition) is 4. The van der Waals surface area contributed by atoms with E-state index < -0.39 is 5.82 Å². The molecule has 1 heterocycles. The van der Waals surface area contributed by atoms with Crippen LogP contribution in [0.3, 0.4) is 0 Å². The number of nitrogens with zero attached hydrogens (tertiary/aromatic N) is 1. The highest BCUT2D eigenvalue weighted by Crippen LogP contribution is 2.41. The maximum absolute atomic E-state index is 14.1. The van der Waals surface area contributed by atoms with Crippen LogP contribution >= 0.6 is 11.6 Å². The summed E-state index contributed by atoms with van der Waals surface area (Å²) in [5.41, 5.74) is 6.10. The standard InChI is InChI=1S/C11H11ClFN3O2/c1-17-7-3-5(6-4-8(14)16-15-6)10(13)9(12)11(7)18-2/h3-4H,1-2H3,(H3,14,15,16). The number of H-pyrrole nitrogens is 1. The van der Waals surface area contributed by atoms with Gasteiger partial charge in [-0.05, 0) is 6.07 Å². The second kappa shape index (κ2) is 4.73. The lowest BCUT2D eigenvalue weighted by Gasteiger charge is -2.12. The molecule has 2 rings (SSSR count). The van der Waals surface area contributed by atoms with E-state index in [2.05, 4.69) is 10.2 Å². The summed E-state index contributed by atoms with van der Waals surface area (Å²) in [5.74, 6) is 0.105.